The summed E-state index contributed by atoms with van der Waals surface area (Å²) in [6, 6.07) is 0. The maximum atomic E-state index is 12.3. The van der Waals surface area contributed by atoms with Crippen molar-refractivity contribution >= 4 is 5.78 Å². The van der Waals surface area contributed by atoms with Gasteiger partial charge in [0.15, 0.2) is 5.78 Å². The van der Waals surface area contributed by atoms with E-state index >= 15 is 0 Å². The Labute approximate surface area is 128 Å². The number of rotatable bonds is 10. The molecule has 0 amide bonds. The zero-order chi connectivity index (χ0) is 15.7. The van der Waals surface area contributed by atoms with Gasteiger partial charge in [-0.1, -0.05) is 47.0 Å². The Hall–Kier alpha value is -1.32. The first-order valence-electron chi connectivity index (χ1n) is 8.37. The molecule has 0 N–H and O–H groups in total. The Balaban J connectivity index is 3.15. The van der Waals surface area contributed by atoms with Gasteiger partial charge in [0.2, 0.25) is 0 Å². The molecule has 1 heterocycles. The molecule has 0 spiro atoms. The molecule has 0 aliphatic heterocycles. The van der Waals surface area contributed by atoms with Gasteiger partial charge in [-0.15, -0.1) is 10.2 Å². The summed E-state index contributed by atoms with van der Waals surface area (Å²) in [7, 11) is 0. The molecule has 0 saturated heterocycles. The van der Waals surface area contributed by atoms with Crippen molar-refractivity contribution in [3.8, 4) is 0 Å². The Morgan fingerprint density at radius 1 is 1.10 bits per heavy atom. The molecule has 0 saturated carbocycles. The maximum Gasteiger partial charge on any atom is 0.183 e. The van der Waals surface area contributed by atoms with E-state index in [1.807, 2.05) is 6.92 Å². The van der Waals surface area contributed by atoms with Crippen LogP contribution in [0, 0.1) is 0 Å². The molecule has 0 radical (unpaired) electrons. The van der Waals surface area contributed by atoms with Crippen LogP contribution in [0.3, 0.4) is 0 Å². The SMILES string of the molecule is CCCCCC(CC)(CC)c1cnnnc1C(=O)CCC. The number of nitrogens with zero attached hydrogens (tertiary/aromatic N) is 3. The lowest BCUT2D eigenvalue weighted by Crippen LogP contribution is -2.28. The van der Waals surface area contributed by atoms with Crippen LogP contribution < -0.4 is 0 Å². The minimum Gasteiger partial charge on any atom is -0.292 e. The normalized spacial score (nSPS) is 11.6. The summed E-state index contributed by atoms with van der Waals surface area (Å²) in [5, 5.41) is 11.7. The van der Waals surface area contributed by atoms with Gasteiger partial charge in [0.05, 0.1) is 6.20 Å². The van der Waals surface area contributed by atoms with Gasteiger partial charge in [0, 0.05) is 12.0 Å². The molecular formula is C17H29N3O. The first-order valence-corrected chi connectivity index (χ1v) is 8.37. The van der Waals surface area contributed by atoms with Gasteiger partial charge < -0.3 is 0 Å². The second kappa shape index (κ2) is 8.85. The maximum absolute atomic E-state index is 12.3. The molecule has 0 aromatic carbocycles. The quantitative estimate of drug-likeness (QED) is 0.470. The van der Waals surface area contributed by atoms with E-state index < -0.39 is 0 Å². The van der Waals surface area contributed by atoms with Crippen molar-refractivity contribution < 1.29 is 4.79 Å². The zero-order valence-corrected chi connectivity index (χ0v) is 14.0. The Bertz CT molecular complexity index is 441. The molecule has 0 unspecified atom stereocenters. The van der Waals surface area contributed by atoms with Gasteiger partial charge in [-0.3, -0.25) is 4.79 Å². The number of carbonyl (C=O) groups is 1. The van der Waals surface area contributed by atoms with Gasteiger partial charge in [-0.2, -0.15) is 0 Å². The molecule has 4 heteroatoms. The minimum atomic E-state index is 0.0108. The molecule has 4 nitrogen and oxygen atoms in total. The third-order valence-corrected chi connectivity index (χ3v) is 4.56. The molecule has 0 fully saturated rings. The van der Waals surface area contributed by atoms with E-state index in [2.05, 4.69) is 36.2 Å². The number of unbranched alkanes of at least 4 members (excludes halogenated alkanes) is 2. The summed E-state index contributed by atoms with van der Waals surface area (Å²) in [5.74, 6) is 0.101. The molecular weight excluding hydrogens is 262 g/mol. The Morgan fingerprint density at radius 2 is 1.81 bits per heavy atom. The van der Waals surface area contributed by atoms with Crippen LogP contribution in [0.1, 0.15) is 95.1 Å². The lowest BCUT2D eigenvalue weighted by molar-refractivity contribution is 0.0971. The number of hydrogen-bond donors (Lipinski definition) is 0. The standard InChI is InChI=1S/C17H29N3O/c1-5-9-10-12-17(7-3,8-4)14-13-18-20-19-16(14)15(21)11-6-2/h13H,5-12H2,1-4H3. The summed E-state index contributed by atoms with van der Waals surface area (Å²) in [4.78, 5) is 12.3. The third-order valence-electron chi connectivity index (χ3n) is 4.56. The van der Waals surface area contributed by atoms with Crippen molar-refractivity contribution in [3.05, 3.63) is 17.5 Å². The van der Waals surface area contributed by atoms with Crippen molar-refractivity contribution in [1.29, 1.82) is 0 Å². The topological polar surface area (TPSA) is 55.7 Å². The molecule has 0 aliphatic carbocycles. The van der Waals surface area contributed by atoms with E-state index in [1.54, 1.807) is 6.20 Å². The monoisotopic (exact) mass is 291 g/mol. The van der Waals surface area contributed by atoms with Crippen LogP contribution in [0.15, 0.2) is 6.20 Å². The molecule has 0 bridgehead atoms. The van der Waals surface area contributed by atoms with Crippen LogP contribution in [-0.2, 0) is 5.41 Å². The van der Waals surface area contributed by atoms with E-state index in [-0.39, 0.29) is 11.2 Å². The predicted octanol–water partition coefficient (Wildman–Crippen LogP) is 4.49. The highest BCUT2D eigenvalue weighted by Crippen LogP contribution is 2.38. The number of ketones is 1. The smallest absolute Gasteiger partial charge is 0.183 e. The average molecular weight is 291 g/mol. The van der Waals surface area contributed by atoms with Crippen molar-refractivity contribution in [2.24, 2.45) is 0 Å². The van der Waals surface area contributed by atoms with Crippen molar-refractivity contribution in [2.75, 3.05) is 0 Å². The minimum absolute atomic E-state index is 0.0108. The summed E-state index contributed by atoms with van der Waals surface area (Å²) < 4.78 is 0. The molecule has 1 rings (SSSR count). The molecule has 1 aromatic heterocycles. The summed E-state index contributed by atoms with van der Waals surface area (Å²) in [6.07, 6.45) is 9.86. The Morgan fingerprint density at radius 3 is 2.38 bits per heavy atom. The van der Waals surface area contributed by atoms with Crippen molar-refractivity contribution in [2.45, 2.75) is 84.5 Å². The molecule has 118 valence electrons. The van der Waals surface area contributed by atoms with Gasteiger partial charge in [0.25, 0.3) is 0 Å². The lowest BCUT2D eigenvalue weighted by atomic mass is 9.71. The fraction of sp³-hybridized carbons (Fsp3) is 0.765. The van der Waals surface area contributed by atoms with Crippen molar-refractivity contribution in [3.63, 3.8) is 0 Å². The number of Topliss-reactive ketones (excluding diaryl/α,β-unsaturated/α-hetero) is 1. The molecule has 21 heavy (non-hydrogen) atoms. The van der Waals surface area contributed by atoms with Crippen LogP contribution in [0.4, 0.5) is 0 Å². The first-order chi connectivity index (χ1) is 10.1. The molecule has 0 atom stereocenters. The van der Waals surface area contributed by atoms with E-state index in [0.717, 1.165) is 31.2 Å². The highest BCUT2D eigenvalue weighted by molar-refractivity contribution is 5.95. The molecule has 1 aromatic rings. The van der Waals surface area contributed by atoms with Crippen LogP contribution in [0.25, 0.3) is 0 Å². The number of carbonyl (C=O) groups excluding carboxylic acids is 1. The van der Waals surface area contributed by atoms with Crippen LogP contribution >= 0.6 is 0 Å². The average Bonchev–Trinajstić information content (AvgIpc) is 2.52. The third kappa shape index (κ3) is 4.32. The van der Waals surface area contributed by atoms with E-state index in [0.29, 0.717) is 12.1 Å². The fourth-order valence-electron chi connectivity index (χ4n) is 3.04. The van der Waals surface area contributed by atoms with Crippen molar-refractivity contribution in [1.82, 2.24) is 15.4 Å². The van der Waals surface area contributed by atoms with E-state index in [4.69, 9.17) is 0 Å². The fourth-order valence-corrected chi connectivity index (χ4v) is 3.04. The lowest BCUT2D eigenvalue weighted by Gasteiger charge is -2.33. The highest BCUT2D eigenvalue weighted by Gasteiger charge is 2.33. The highest BCUT2D eigenvalue weighted by atomic mass is 16.1. The summed E-state index contributed by atoms with van der Waals surface area (Å²) in [5.41, 5.74) is 1.57. The predicted molar refractivity (Wildman–Crippen MR) is 85.5 cm³/mol. The Kier molecular flexibility index (Phi) is 7.48. The second-order valence-corrected chi connectivity index (χ2v) is 5.81. The van der Waals surface area contributed by atoms with E-state index in [1.165, 1.54) is 19.3 Å². The summed E-state index contributed by atoms with van der Waals surface area (Å²) in [6.45, 7) is 8.62. The van der Waals surface area contributed by atoms with Crippen LogP contribution in [-0.4, -0.2) is 21.2 Å². The van der Waals surface area contributed by atoms with Gasteiger partial charge >= 0.3 is 0 Å². The summed E-state index contributed by atoms with van der Waals surface area (Å²) >= 11 is 0. The number of hydrogen-bond acceptors (Lipinski definition) is 4. The second-order valence-electron chi connectivity index (χ2n) is 5.81. The van der Waals surface area contributed by atoms with Gasteiger partial charge in [-0.25, -0.2) is 0 Å². The molecule has 0 aliphatic rings. The number of aromatic nitrogens is 3. The van der Waals surface area contributed by atoms with Crippen LogP contribution in [0.5, 0.6) is 0 Å². The van der Waals surface area contributed by atoms with Gasteiger partial charge in [-0.05, 0) is 36.3 Å². The van der Waals surface area contributed by atoms with Gasteiger partial charge in [0.1, 0.15) is 5.69 Å². The first kappa shape index (κ1) is 17.7. The zero-order valence-electron chi connectivity index (χ0n) is 14.0. The largest absolute Gasteiger partial charge is 0.292 e. The van der Waals surface area contributed by atoms with Crippen LogP contribution in [0.2, 0.25) is 0 Å². The van der Waals surface area contributed by atoms with E-state index in [9.17, 15) is 4.79 Å².